The zero-order chi connectivity index (χ0) is 11.8. The van der Waals surface area contributed by atoms with Crippen LogP contribution in [0.25, 0.3) is 20.5 Å². The van der Waals surface area contributed by atoms with Crippen molar-refractivity contribution in [3.63, 3.8) is 0 Å². The lowest BCUT2D eigenvalue weighted by atomic mass is 10.2. The molecule has 3 nitrogen and oxygen atoms in total. The zero-order valence-electron chi connectivity index (χ0n) is 8.94. The van der Waals surface area contributed by atoms with Crippen LogP contribution >= 0.6 is 11.3 Å². The van der Waals surface area contributed by atoms with Crippen LogP contribution in [0.5, 0.6) is 0 Å². The fraction of sp³-hybridized carbons (Fsp3) is 0. The zero-order valence-corrected chi connectivity index (χ0v) is 9.75. The number of benzene rings is 1. The number of H-pyrrole nitrogens is 1. The number of hydrogen-bond donors (Lipinski definition) is 2. The van der Waals surface area contributed by atoms with Crippen molar-refractivity contribution in [1.82, 2.24) is 4.98 Å². The molecule has 0 saturated heterocycles. The highest BCUT2D eigenvalue weighted by atomic mass is 32.1. The number of nitrogen functional groups attached to an aromatic ring is 1. The summed E-state index contributed by atoms with van der Waals surface area (Å²) in [5, 5.41) is 0.697. The number of aromatic amines is 1. The van der Waals surface area contributed by atoms with E-state index in [9.17, 15) is 4.79 Å². The molecule has 4 heteroatoms. The van der Waals surface area contributed by atoms with Gasteiger partial charge < -0.3 is 10.7 Å². The van der Waals surface area contributed by atoms with Gasteiger partial charge in [-0.2, -0.15) is 0 Å². The third-order valence-corrected chi connectivity index (χ3v) is 3.74. The second kappa shape index (κ2) is 3.75. The van der Waals surface area contributed by atoms with E-state index in [0.29, 0.717) is 11.2 Å². The third-order valence-electron chi connectivity index (χ3n) is 2.61. The summed E-state index contributed by atoms with van der Waals surface area (Å²) >= 11 is 1.58. The van der Waals surface area contributed by atoms with E-state index in [-0.39, 0.29) is 5.56 Å². The normalized spacial score (nSPS) is 10.8. The molecule has 0 amide bonds. The lowest BCUT2D eigenvalue weighted by Gasteiger charge is -1.93. The Hall–Kier alpha value is -2.07. The molecule has 0 bridgehead atoms. The molecule has 17 heavy (non-hydrogen) atoms. The highest BCUT2D eigenvalue weighted by Crippen LogP contribution is 2.32. The molecule has 0 spiro atoms. The number of anilines is 1. The summed E-state index contributed by atoms with van der Waals surface area (Å²) in [7, 11) is 0. The van der Waals surface area contributed by atoms with Crippen molar-refractivity contribution in [2.45, 2.75) is 0 Å². The standard InChI is InChI=1S/C13H10N2OS/c14-12-7-11-9(13(16)15-12)6-10(17-11)8-4-2-1-3-5-8/h1-7H,(H3,14,15,16). The topological polar surface area (TPSA) is 58.9 Å². The van der Waals surface area contributed by atoms with Gasteiger partial charge in [-0.3, -0.25) is 4.79 Å². The minimum atomic E-state index is -0.126. The molecular formula is C13H10N2OS. The van der Waals surface area contributed by atoms with E-state index in [4.69, 9.17) is 5.73 Å². The smallest absolute Gasteiger partial charge is 0.258 e. The molecule has 3 aromatic rings. The molecule has 0 radical (unpaired) electrons. The lowest BCUT2D eigenvalue weighted by Crippen LogP contribution is -2.06. The van der Waals surface area contributed by atoms with Crippen LogP contribution in [0.2, 0.25) is 0 Å². The van der Waals surface area contributed by atoms with Gasteiger partial charge in [0, 0.05) is 9.58 Å². The van der Waals surface area contributed by atoms with Crippen molar-refractivity contribution < 1.29 is 0 Å². The predicted molar refractivity (Wildman–Crippen MR) is 72.3 cm³/mol. The Bertz CT molecular complexity index is 728. The molecule has 2 aromatic heterocycles. The highest BCUT2D eigenvalue weighted by molar-refractivity contribution is 7.22. The van der Waals surface area contributed by atoms with Crippen LogP contribution in [-0.2, 0) is 0 Å². The van der Waals surface area contributed by atoms with Gasteiger partial charge in [-0.25, -0.2) is 0 Å². The molecule has 0 aliphatic carbocycles. The molecule has 3 rings (SSSR count). The second-order valence-electron chi connectivity index (χ2n) is 3.81. The van der Waals surface area contributed by atoms with Crippen LogP contribution in [0.3, 0.4) is 0 Å². The highest BCUT2D eigenvalue weighted by Gasteiger charge is 2.07. The first-order valence-corrected chi connectivity index (χ1v) is 6.03. The summed E-state index contributed by atoms with van der Waals surface area (Å²) in [6.07, 6.45) is 0. The number of nitrogens with one attached hydrogen (secondary N) is 1. The summed E-state index contributed by atoms with van der Waals surface area (Å²) < 4.78 is 0.921. The Kier molecular flexibility index (Phi) is 2.23. The maximum absolute atomic E-state index is 11.7. The lowest BCUT2D eigenvalue weighted by molar-refractivity contribution is 1.29. The van der Waals surface area contributed by atoms with Gasteiger partial charge in [0.15, 0.2) is 0 Å². The van der Waals surface area contributed by atoms with E-state index in [1.807, 2.05) is 36.4 Å². The molecule has 2 heterocycles. The van der Waals surface area contributed by atoms with Gasteiger partial charge in [0.05, 0.1) is 5.39 Å². The summed E-state index contributed by atoms with van der Waals surface area (Å²) in [6.45, 7) is 0. The van der Waals surface area contributed by atoms with Crippen LogP contribution in [0, 0.1) is 0 Å². The first-order chi connectivity index (χ1) is 8.24. The largest absolute Gasteiger partial charge is 0.385 e. The number of pyridine rings is 1. The number of rotatable bonds is 1. The van der Waals surface area contributed by atoms with E-state index in [1.165, 1.54) is 0 Å². The van der Waals surface area contributed by atoms with Crippen molar-refractivity contribution in [3.05, 3.63) is 52.8 Å². The fourth-order valence-corrected chi connectivity index (χ4v) is 2.93. The molecule has 0 aliphatic rings. The van der Waals surface area contributed by atoms with E-state index in [1.54, 1.807) is 17.4 Å². The van der Waals surface area contributed by atoms with Crippen molar-refractivity contribution >= 4 is 27.2 Å². The third kappa shape index (κ3) is 1.72. The summed E-state index contributed by atoms with van der Waals surface area (Å²) in [5.41, 5.74) is 6.61. The van der Waals surface area contributed by atoms with E-state index in [0.717, 1.165) is 15.1 Å². The van der Waals surface area contributed by atoms with Gasteiger partial charge in [0.1, 0.15) is 5.82 Å². The molecule has 3 N–H and O–H groups in total. The number of nitrogens with two attached hydrogens (primary N) is 1. The van der Waals surface area contributed by atoms with Gasteiger partial charge in [0.25, 0.3) is 5.56 Å². The Balaban J connectivity index is 2.28. The molecule has 0 unspecified atom stereocenters. The van der Waals surface area contributed by atoms with E-state index < -0.39 is 0 Å². The van der Waals surface area contributed by atoms with Crippen LogP contribution in [0.15, 0.2) is 47.3 Å². The maximum Gasteiger partial charge on any atom is 0.258 e. The Morgan fingerprint density at radius 3 is 2.65 bits per heavy atom. The first kappa shape index (κ1) is 10.1. The van der Waals surface area contributed by atoms with Crippen molar-refractivity contribution in [3.8, 4) is 10.4 Å². The average molecular weight is 242 g/mol. The van der Waals surface area contributed by atoms with E-state index in [2.05, 4.69) is 4.98 Å². The fourth-order valence-electron chi connectivity index (χ4n) is 1.81. The molecule has 1 aromatic carbocycles. The van der Waals surface area contributed by atoms with Crippen LogP contribution < -0.4 is 11.3 Å². The number of fused-ring (bicyclic) bond motifs is 1. The van der Waals surface area contributed by atoms with Gasteiger partial charge in [-0.1, -0.05) is 30.3 Å². The second-order valence-corrected chi connectivity index (χ2v) is 4.89. The van der Waals surface area contributed by atoms with Crippen LogP contribution in [0.4, 0.5) is 5.82 Å². The van der Waals surface area contributed by atoms with Crippen molar-refractivity contribution in [1.29, 1.82) is 0 Å². The average Bonchev–Trinajstić information content (AvgIpc) is 2.74. The summed E-state index contributed by atoms with van der Waals surface area (Å²) in [4.78, 5) is 15.4. The quantitative estimate of drug-likeness (QED) is 0.689. The Morgan fingerprint density at radius 1 is 1.12 bits per heavy atom. The van der Waals surface area contributed by atoms with Gasteiger partial charge in [-0.05, 0) is 17.7 Å². The predicted octanol–water partition coefficient (Wildman–Crippen LogP) is 2.84. The van der Waals surface area contributed by atoms with Gasteiger partial charge in [0.2, 0.25) is 0 Å². The molecule has 0 atom stereocenters. The monoisotopic (exact) mass is 242 g/mol. The Labute approximate surface area is 102 Å². The SMILES string of the molecule is Nc1cc2sc(-c3ccccc3)cc2c(=O)[nH]1. The molecule has 84 valence electrons. The Morgan fingerprint density at radius 2 is 1.88 bits per heavy atom. The van der Waals surface area contributed by atoms with Crippen molar-refractivity contribution in [2.75, 3.05) is 5.73 Å². The maximum atomic E-state index is 11.7. The first-order valence-electron chi connectivity index (χ1n) is 5.22. The summed E-state index contributed by atoms with van der Waals surface area (Å²) in [5.74, 6) is 0.406. The number of aromatic nitrogens is 1. The van der Waals surface area contributed by atoms with Crippen LogP contribution in [-0.4, -0.2) is 4.98 Å². The molecule has 0 fully saturated rings. The van der Waals surface area contributed by atoms with Crippen LogP contribution in [0.1, 0.15) is 0 Å². The van der Waals surface area contributed by atoms with E-state index >= 15 is 0 Å². The molecular weight excluding hydrogens is 232 g/mol. The van der Waals surface area contributed by atoms with Crippen molar-refractivity contribution in [2.24, 2.45) is 0 Å². The van der Waals surface area contributed by atoms with Gasteiger partial charge in [-0.15, -0.1) is 11.3 Å². The minimum absolute atomic E-state index is 0.126. The summed E-state index contributed by atoms with van der Waals surface area (Å²) in [6, 6.07) is 13.7. The molecule has 0 aliphatic heterocycles. The molecule has 0 saturated carbocycles. The van der Waals surface area contributed by atoms with Gasteiger partial charge >= 0.3 is 0 Å². The number of hydrogen-bond acceptors (Lipinski definition) is 3. The number of thiophene rings is 1. The minimum Gasteiger partial charge on any atom is -0.385 e.